The molecule has 0 aliphatic heterocycles. The minimum atomic E-state index is 0.646. The Bertz CT molecular complexity index is 560. The van der Waals surface area contributed by atoms with E-state index >= 15 is 0 Å². The summed E-state index contributed by atoms with van der Waals surface area (Å²) in [5.41, 5.74) is 7.83. The van der Waals surface area contributed by atoms with Gasteiger partial charge in [-0.05, 0) is 18.6 Å². The van der Waals surface area contributed by atoms with E-state index < -0.39 is 0 Å². The lowest BCUT2D eigenvalue weighted by molar-refractivity contribution is 0.317. The quantitative estimate of drug-likeness (QED) is 0.809. The molecule has 1 aromatic carbocycles. The Morgan fingerprint density at radius 1 is 1.47 bits per heavy atom. The number of benzene rings is 1. The van der Waals surface area contributed by atoms with Gasteiger partial charge in [-0.15, -0.1) is 6.58 Å². The van der Waals surface area contributed by atoms with E-state index in [9.17, 15) is 0 Å². The minimum Gasteiger partial charge on any atom is -0.494 e. The highest BCUT2D eigenvalue weighted by Crippen LogP contribution is 2.27. The zero-order valence-electron chi connectivity index (χ0n) is 11.2. The van der Waals surface area contributed by atoms with Crippen LogP contribution in [0.4, 0.5) is 5.82 Å². The monoisotopic (exact) mass is 257 g/mol. The number of allylic oxidation sites excluding steroid dienone is 1. The van der Waals surface area contributed by atoms with Crippen molar-refractivity contribution < 1.29 is 4.74 Å². The SMILES string of the molecule is C=CCn1cnc(-c2cccc(OCCC)c2)c1N. The molecule has 2 rings (SSSR count). The van der Waals surface area contributed by atoms with Crippen LogP contribution in [-0.2, 0) is 6.54 Å². The minimum absolute atomic E-state index is 0.646. The number of nitrogens with zero attached hydrogens (tertiary/aromatic N) is 2. The zero-order valence-corrected chi connectivity index (χ0v) is 11.2. The Hall–Kier alpha value is -2.23. The molecular formula is C15H19N3O. The molecule has 0 unspecified atom stereocenters. The standard InChI is InChI=1S/C15H19N3O/c1-3-8-18-11-17-14(15(18)16)12-6-5-7-13(10-12)19-9-4-2/h3,5-7,10-11H,1,4,8-9,16H2,2H3. The molecule has 2 aromatic rings. The van der Waals surface area contributed by atoms with Crippen molar-refractivity contribution in [1.82, 2.24) is 9.55 Å². The van der Waals surface area contributed by atoms with E-state index in [1.54, 1.807) is 12.4 Å². The molecule has 1 aromatic heterocycles. The van der Waals surface area contributed by atoms with Crippen molar-refractivity contribution in [2.45, 2.75) is 19.9 Å². The molecule has 2 N–H and O–H groups in total. The number of aromatic nitrogens is 2. The average molecular weight is 257 g/mol. The second-order valence-corrected chi connectivity index (χ2v) is 4.30. The highest BCUT2D eigenvalue weighted by Gasteiger charge is 2.09. The summed E-state index contributed by atoms with van der Waals surface area (Å²) in [6.07, 6.45) is 4.51. The molecule has 0 amide bonds. The number of imidazole rings is 1. The van der Waals surface area contributed by atoms with Crippen LogP contribution in [0.1, 0.15) is 13.3 Å². The fourth-order valence-corrected chi connectivity index (χ4v) is 1.85. The molecule has 4 nitrogen and oxygen atoms in total. The summed E-state index contributed by atoms with van der Waals surface area (Å²) in [6.45, 7) is 7.15. The van der Waals surface area contributed by atoms with Crippen LogP contribution in [0.5, 0.6) is 5.75 Å². The number of hydrogen-bond acceptors (Lipinski definition) is 3. The maximum absolute atomic E-state index is 6.08. The van der Waals surface area contributed by atoms with Crippen LogP contribution >= 0.6 is 0 Å². The summed E-state index contributed by atoms with van der Waals surface area (Å²) in [5, 5.41) is 0. The van der Waals surface area contributed by atoms with Gasteiger partial charge < -0.3 is 15.0 Å². The Labute approximate surface area is 113 Å². The molecule has 1 heterocycles. The summed E-state index contributed by atoms with van der Waals surface area (Å²) in [5.74, 6) is 1.49. The van der Waals surface area contributed by atoms with E-state index in [1.807, 2.05) is 28.8 Å². The Morgan fingerprint density at radius 2 is 2.32 bits per heavy atom. The van der Waals surface area contributed by atoms with Crippen molar-refractivity contribution in [2.75, 3.05) is 12.3 Å². The number of anilines is 1. The maximum atomic E-state index is 6.08. The predicted octanol–water partition coefficient (Wildman–Crippen LogP) is 3.11. The summed E-state index contributed by atoms with van der Waals surface area (Å²) in [7, 11) is 0. The highest BCUT2D eigenvalue weighted by atomic mass is 16.5. The van der Waals surface area contributed by atoms with E-state index in [1.165, 1.54) is 0 Å². The molecule has 0 spiro atoms. The van der Waals surface area contributed by atoms with Gasteiger partial charge >= 0.3 is 0 Å². The van der Waals surface area contributed by atoms with Gasteiger partial charge in [0.1, 0.15) is 17.3 Å². The number of nitrogens with two attached hydrogens (primary N) is 1. The van der Waals surface area contributed by atoms with E-state index in [0.29, 0.717) is 19.0 Å². The first-order chi connectivity index (χ1) is 9.26. The van der Waals surface area contributed by atoms with Crippen LogP contribution in [0.25, 0.3) is 11.3 Å². The summed E-state index contributed by atoms with van der Waals surface area (Å²) in [4.78, 5) is 4.36. The Kier molecular flexibility index (Phi) is 4.23. The van der Waals surface area contributed by atoms with Gasteiger partial charge in [0.25, 0.3) is 0 Å². The predicted molar refractivity (Wildman–Crippen MR) is 78.1 cm³/mol. The van der Waals surface area contributed by atoms with Crippen LogP contribution in [0.15, 0.2) is 43.2 Å². The fraction of sp³-hybridized carbons (Fsp3) is 0.267. The second kappa shape index (κ2) is 6.09. The first-order valence-corrected chi connectivity index (χ1v) is 6.41. The van der Waals surface area contributed by atoms with Crippen LogP contribution in [0, 0.1) is 0 Å². The lowest BCUT2D eigenvalue weighted by Crippen LogP contribution is -2.00. The van der Waals surface area contributed by atoms with Crippen molar-refractivity contribution >= 4 is 5.82 Å². The summed E-state index contributed by atoms with van der Waals surface area (Å²) in [6, 6.07) is 7.84. The molecule has 19 heavy (non-hydrogen) atoms. The zero-order chi connectivity index (χ0) is 13.7. The van der Waals surface area contributed by atoms with Crippen molar-refractivity contribution in [3.63, 3.8) is 0 Å². The van der Waals surface area contributed by atoms with E-state index in [-0.39, 0.29) is 0 Å². The molecule has 0 bridgehead atoms. The lowest BCUT2D eigenvalue weighted by Gasteiger charge is -2.07. The van der Waals surface area contributed by atoms with Crippen molar-refractivity contribution in [1.29, 1.82) is 0 Å². The first-order valence-electron chi connectivity index (χ1n) is 6.41. The topological polar surface area (TPSA) is 53.1 Å². The van der Waals surface area contributed by atoms with E-state index in [4.69, 9.17) is 10.5 Å². The first kappa shape index (κ1) is 13.2. The number of rotatable bonds is 6. The molecule has 0 saturated heterocycles. The molecule has 0 fully saturated rings. The van der Waals surface area contributed by atoms with Crippen molar-refractivity contribution in [3.05, 3.63) is 43.2 Å². The fourth-order valence-electron chi connectivity index (χ4n) is 1.85. The molecule has 4 heteroatoms. The lowest BCUT2D eigenvalue weighted by atomic mass is 10.1. The molecule has 0 radical (unpaired) electrons. The van der Waals surface area contributed by atoms with Gasteiger partial charge in [-0.25, -0.2) is 4.98 Å². The van der Waals surface area contributed by atoms with Crippen LogP contribution in [0.2, 0.25) is 0 Å². The Balaban J connectivity index is 2.28. The third-order valence-corrected chi connectivity index (χ3v) is 2.78. The number of nitrogen functional groups attached to an aromatic ring is 1. The molecular weight excluding hydrogens is 238 g/mol. The highest BCUT2D eigenvalue weighted by molar-refractivity contribution is 5.71. The van der Waals surface area contributed by atoms with Gasteiger partial charge in [0.05, 0.1) is 12.9 Å². The van der Waals surface area contributed by atoms with Gasteiger partial charge in [-0.2, -0.15) is 0 Å². The Morgan fingerprint density at radius 3 is 3.05 bits per heavy atom. The third-order valence-electron chi connectivity index (χ3n) is 2.78. The van der Waals surface area contributed by atoms with Gasteiger partial charge in [0.2, 0.25) is 0 Å². The van der Waals surface area contributed by atoms with Crippen LogP contribution < -0.4 is 10.5 Å². The smallest absolute Gasteiger partial charge is 0.131 e. The maximum Gasteiger partial charge on any atom is 0.131 e. The molecule has 0 aliphatic carbocycles. The van der Waals surface area contributed by atoms with Gasteiger partial charge in [-0.1, -0.05) is 25.1 Å². The molecule has 0 saturated carbocycles. The van der Waals surface area contributed by atoms with Crippen molar-refractivity contribution in [2.24, 2.45) is 0 Å². The summed E-state index contributed by atoms with van der Waals surface area (Å²) < 4.78 is 7.48. The van der Waals surface area contributed by atoms with Gasteiger partial charge in [0, 0.05) is 12.1 Å². The van der Waals surface area contributed by atoms with Crippen molar-refractivity contribution in [3.8, 4) is 17.0 Å². The average Bonchev–Trinajstić information content (AvgIpc) is 2.79. The molecule has 100 valence electrons. The molecule has 0 aliphatic rings. The third kappa shape index (κ3) is 2.96. The number of hydrogen-bond donors (Lipinski definition) is 1. The molecule has 0 atom stereocenters. The summed E-state index contributed by atoms with van der Waals surface area (Å²) >= 11 is 0. The normalized spacial score (nSPS) is 10.4. The van der Waals surface area contributed by atoms with Crippen LogP contribution in [-0.4, -0.2) is 16.2 Å². The van der Waals surface area contributed by atoms with E-state index in [2.05, 4.69) is 18.5 Å². The second-order valence-electron chi connectivity index (χ2n) is 4.30. The van der Waals surface area contributed by atoms with Gasteiger partial charge in [-0.3, -0.25) is 0 Å². The number of ether oxygens (including phenoxy) is 1. The largest absolute Gasteiger partial charge is 0.494 e. The van der Waals surface area contributed by atoms with E-state index in [0.717, 1.165) is 23.4 Å². The van der Waals surface area contributed by atoms with Gasteiger partial charge in [0.15, 0.2) is 0 Å². The van der Waals surface area contributed by atoms with Crippen LogP contribution in [0.3, 0.4) is 0 Å².